The highest BCUT2D eigenvalue weighted by molar-refractivity contribution is 5.90. The van der Waals surface area contributed by atoms with E-state index in [0.717, 1.165) is 31.9 Å². The summed E-state index contributed by atoms with van der Waals surface area (Å²) in [6.45, 7) is 14.7. The molecule has 4 aliphatic carbocycles. The minimum Gasteiger partial charge on any atom is -0.463 e. The van der Waals surface area contributed by atoms with Gasteiger partial charge in [0.05, 0.1) is 11.5 Å². The lowest BCUT2D eigenvalue weighted by Crippen LogP contribution is -2.66. The van der Waals surface area contributed by atoms with E-state index < -0.39 is 125 Å². The van der Waals surface area contributed by atoms with Crippen molar-refractivity contribution in [2.75, 3.05) is 6.61 Å². The molecule has 3 heterocycles. The van der Waals surface area contributed by atoms with E-state index in [-0.39, 0.29) is 31.0 Å². The van der Waals surface area contributed by atoms with Gasteiger partial charge in [0, 0.05) is 64.9 Å². The quantitative estimate of drug-likeness (QED) is 0.199. The molecule has 2 bridgehead atoms. The number of hydrogen-bond acceptors (Lipinski definition) is 17. The monoisotopic (exact) mass is 858 g/mol. The molecule has 15 atom stereocenters. The van der Waals surface area contributed by atoms with Gasteiger partial charge in [-0.3, -0.25) is 28.8 Å². The fraction of sp³-hybridized carbons (Fsp3) is 0.750. The lowest BCUT2D eigenvalue weighted by atomic mass is 9.45. The molecule has 0 aromatic carbocycles. The average Bonchev–Trinajstić information content (AvgIpc) is 3.44. The maximum atomic E-state index is 14.8. The van der Waals surface area contributed by atoms with E-state index in [4.69, 9.17) is 42.6 Å². The maximum absolute atomic E-state index is 14.8. The van der Waals surface area contributed by atoms with E-state index in [2.05, 4.69) is 0 Å². The van der Waals surface area contributed by atoms with Gasteiger partial charge in [-0.15, -0.1) is 0 Å². The second kappa shape index (κ2) is 15.6. The Labute approximate surface area is 354 Å². The van der Waals surface area contributed by atoms with Crippen molar-refractivity contribution >= 4 is 41.6 Å². The summed E-state index contributed by atoms with van der Waals surface area (Å²) >= 11 is 0. The third kappa shape index (κ3) is 6.83. The van der Waals surface area contributed by atoms with Crippen molar-refractivity contribution in [3.8, 4) is 0 Å². The van der Waals surface area contributed by atoms with E-state index >= 15 is 0 Å². The largest absolute Gasteiger partial charge is 0.463 e. The van der Waals surface area contributed by atoms with Crippen LogP contribution in [0.4, 0.5) is 0 Å². The second-order valence-electron chi connectivity index (χ2n) is 18.6. The molecule has 2 saturated heterocycles. The standard InChI is InChI=1S/C44H58O17/c1-20-15-33(60-38(51)21(20)2)42(10)43(52)18-34(54-23(4)46)44(61-42)30-12-11-27-16-28(17-32(50)41(27,9)29(30)13-14-40(43,44)8)58-39-37(57-26(7)49)36(56-25(6)48)35(55-24(5)47)31(59-39)19-53-22(3)45/h11,28-31,33-37,39,52H,12-19H2,1-10H3/t28-,29+,30-,31-,33-,34+,35-,36+,37-,39-,40-,41+,42-,43+,44+/m1/s1. The molecule has 1 N–H and O–H groups in total. The lowest BCUT2D eigenvalue weighted by molar-refractivity contribution is -0.317. The number of aliphatic hydroxyl groups is 1. The first-order valence-corrected chi connectivity index (χ1v) is 21.1. The number of hydrogen-bond donors (Lipinski definition) is 1. The fourth-order valence-corrected chi connectivity index (χ4v) is 12.3. The van der Waals surface area contributed by atoms with Crippen molar-refractivity contribution in [3.05, 3.63) is 22.8 Å². The molecular weight excluding hydrogens is 800 g/mol. The van der Waals surface area contributed by atoms with E-state index in [9.17, 15) is 38.7 Å². The fourth-order valence-electron chi connectivity index (χ4n) is 12.3. The zero-order valence-electron chi connectivity index (χ0n) is 36.5. The number of carbonyl (C=O) groups is 7. The number of ketones is 1. The Kier molecular flexibility index (Phi) is 11.4. The molecule has 0 unspecified atom stereocenters. The van der Waals surface area contributed by atoms with Crippen molar-refractivity contribution < 1.29 is 81.3 Å². The van der Waals surface area contributed by atoms with E-state index in [1.54, 1.807) is 13.8 Å². The molecule has 5 fully saturated rings. The highest BCUT2D eigenvalue weighted by Crippen LogP contribution is 2.77. The molecule has 61 heavy (non-hydrogen) atoms. The highest BCUT2D eigenvalue weighted by atomic mass is 16.7. The molecule has 17 heteroatoms. The molecular formula is C44H58O17. The molecule has 0 radical (unpaired) electrons. The number of cyclic esters (lactones) is 1. The van der Waals surface area contributed by atoms with E-state index in [1.165, 1.54) is 13.8 Å². The number of ether oxygens (including phenoxy) is 9. The molecule has 0 aromatic heterocycles. The smallest absolute Gasteiger partial charge is 0.334 e. The number of carbonyl (C=O) groups excluding carboxylic acids is 7. The number of Topliss-reactive ketones (excluding diaryl/α,β-unsaturated/α-hetero) is 1. The number of esters is 6. The van der Waals surface area contributed by atoms with Crippen LogP contribution in [-0.4, -0.2) is 119 Å². The Morgan fingerprint density at radius 3 is 2.03 bits per heavy atom. The number of rotatable bonds is 9. The second-order valence-corrected chi connectivity index (χ2v) is 18.6. The molecule has 0 amide bonds. The average molecular weight is 859 g/mol. The van der Waals surface area contributed by atoms with Gasteiger partial charge >= 0.3 is 35.8 Å². The zero-order valence-corrected chi connectivity index (χ0v) is 36.5. The first kappa shape index (κ1) is 44.9. The van der Waals surface area contributed by atoms with Crippen LogP contribution < -0.4 is 0 Å². The molecule has 7 aliphatic rings. The topological polar surface area (TPSA) is 223 Å². The summed E-state index contributed by atoms with van der Waals surface area (Å²) in [5, 5.41) is 13.1. The molecule has 17 nitrogen and oxygen atoms in total. The van der Waals surface area contributed by atoms with Crippen LogP contribution >= 0.6 is 0 Å². The van der Waals surface area contributed by atoms with Crippen LogP contribution in [0.1, 0.15) is 114 Å². The first-order valence-electron chi connectivity index (χ1n) is 21.1. The van der Waals surface area contributed by atoms with Crippen LogP contribution in [0.15, 0.2) is 22.8 Å². The minimum atomic E-state index is -1.58. The number of fused-ring (bicyclic) bond motifs is 3. The Balaban J connectivity index is 1.21. The van der Waals surface area contributed by atoms with Gasteiger partial charge in [0.1, 0.15) is 47.5 Å². The van der Waals surface area contributed by atoms with Gasteiger partial charge in [-0.1, -0.05) is 24.1 Å². The molecule has 3 saturated carbocycles. The summed E-state index contributed by atoms with van der Waals surface area (Å²) in [6, 6.07) is 0. The zero-order chi connectivity index (χ0) is 44.8. The van der Waals surface area contributed by atoms with Gasteiger partial charge in [0.2, 0.25) is 0 Å². The van der Waals surface area contributed by atoms with Gasteiger partial charge in [0.25, 0.3) is 0 Å². The van der Waals surface area contributed by atoms with Gasteiger partial charge in [-0.2, -0.15) is 0 Å². The van der Waals surface area contributed by atoms with Gasteiger partial charge in [-0.05, 0) is 65.2 Å². The molecule has 0 aromatic rings. The van der Waals surface area contributed by atoms with Crippen molar-refractivity contribution in [2.24, 2.45) is 22.7 Å². The van der Waals surface area contributed by atoms with Crippen molar-refractivity contribution in [1.29, 1.82) is 0 Å². The summed E-state index contributed by atoms with van der Waals surface area (Å²) in [5.74, 6) is -4.87. The summed E-state index contributed by atoms with van der Waals surface area (Å²) in [6.07, 6.45) is -5.52. The van der Waals surface area contributed by atoms with Crippen LogP contribution in [0.5, 0.6) is 0 Å². The van der Waals surface area contributed by atoms with Gasteiger partial charge < -0.3 is 47.7 Å². The summed E-state index contributed by atoms with van der Waals surface area (Å²) in [7, 11) is 0. The van der Waals surface area contributed by atoms with Crippen molar-refractivity contribution in [1.82, 2.24) is 0 Å². The summed E-state index contributed by atoms with van der Waals surface area (Å²) in [4.78, 5) is 89.6. The molecule has 7 rings (SSSR count). The minimum absolute atomic E-state index is 0.0612. The lowest BCUT2D eigenvalue weighted by Gasteiger charge is -2.60. The van der Waals surface area contributed by atoms with E-state index in [1.807, 2.05) is 26.8 Å². The van der Waals surface area contributed by atoms with Crippen molar-refractivity contribution in [2.45, 2.75) is 180 Å². The normalized spacial score (nSPS) is 43.8. The first-order chi connectivity index (χ1) is 28.4. The third-order valence-electron chi connectivity index (χ3n) is 15.3. The van der Waals surface area contributed by atoms with Crippen LogP contribution in [0, 0.1) is 22.7 Å². The van der Waals surface area contributed by atoms with Crippen LogP contribution in [0.3, 0.4) is 0 Å². The molecule has 3 aliphatic heterocycles. The predicted molar refractivity (Wildman–Crippen MR) is 206 cm³/mol. The Bertz CT molecular complexity index is 1970. The Morgan fingerprint density at radius 1 is 0.803 bits per heavy atom. The maximum Gasteiger partial charge on any atom is 0.334 e. The van der Waals surface area contributed by atoms with E-state index in [0.29, 0.717) is 31.3 Å². The molecule has 0 spiro atoms. The Morgan fingerprint density at radius 2 is 1.43 bits per heavy atom. The highest BCUT2D eigenvalue weighted by Gasteiger charge is 2.88. The van der Waals surface area contributed by atoms with Gasteiger partial charge in [0.15, 0.2) is 24.6 Å². The van der Waals surface area contributed by atoms with Crippen LogP contribution in [0.2, 0.25) is 0 Å². The summed E-state index contributed by atoms with van der Waals surface area (Å²) < 4.78 is 53.9. The van der Waals surface area contributed by atoms with Gasteiger partial charge in [-0.25, -0.2) is 4.79 Å². The number of allylic oxidation sites excluding steroid dienone is 1. The summed E-state index contributed by atoms with van der Waals surface area (Å²) in [5.41, 5.74) is -4.06. The SMILES string of the molecule is CC(=O)OC[C@H]1O[C@@H](O[C@H]2CC(=O)[C@@]3(C)C(=CC[C@@H]4[C@@H]3CC[C@@]3(C)[C@]45O[C@](C)([C@H]4CC(C)=C(C)C(=O)O4)[C@]3(O)C[C@@H]5OC(C)=O)C2)[C@H](OC(C)=O)[C@@H](OC(C)=O)[C@@H]1OC(C)=O. The molecule has 336 valence electrons. The van der Waals surface area contributed by atoms with Crippen LogP contribution in [0.25, 0.3) is 0 Å². The Hall–Kier alpha value is -4.19. The predicted octanol–water partition coefficient (Wildman–Crippen LogP) is 3.43. The van der Waals surface area contributed by atoms with Crippen LogP contribution in [-0.2, 0) is 76.2 Å². The third-order valence-corrected chi connectivity index (χ3v) is 15.3. The van der Waals surface area contributed by atoms with Crippen molar-refractivity contribution in [3.63, 3.8) is 0 Å².